The summed E-state index contributed by atoms with van der Waals surface area (Å²) >= 11 is 4.37. The lowest BCUT2D eigenvalue weighted by Crippen LogP contribution is -1.98. The maximum absolute atomic E-state index is 9.23. The molecule has 1 aromatic rings. The van der Waals surface area contributed by atoms with E-state index in [1.165, 1.54) is 0 Å². The van der Waals surface area contributed by atoms with E-state index < -0.39 is 6.10 Å². The Balaban J connectivity index is 3.09. The summed E-state index contributed by atoms with van der Waals surface area (Å²) in [5.74, 6) is 0. The van der Waals surface area contributed by atoms with Gasteiger partial charge in [-0.3, -0.25) is 4.98 Å². The van der Waals surface area contributed by atoms with E-state index in [0.717, 1.165) is 12.8 Å². The van der Waals surface area contributed by atoms with Crippen LogP contribution in [-0.4, -0.2) is 10.1 Å². The Bertz CT molecular complexity index is 263. The van der Waals surface area contributed by atoms with Crippen LogP contribution in [0.2, 0.25) is 0 Å². The lowest BCUT2D eigenvalue weighted by molar-refractivity contribution is 0.193. The number of hydrogen-bond donors (Lipinski definition) is 1. The van der Waals surface area contributed by atoms with Gasteiger partial charge in [0.05, 0.1) is 11.8 Å². The van der Waals surface area contributed by atoms with Crippen LogP contribution in [0, 0.1) is 7.14 Å². The van der Waals surface area contributed by atoms with Crippen molar-refractivity contribution in [2.24, 2.45) is 0 Å². The summed E-state index contributed by atoms with van der Waals surface area (Å²) in [7, 11) is 0. The van der Waals surface area contributed by atoms with Gasteiger partial charge in [0, 0.05) is 13.3 Å². The van der Waals surface area contributed by atoms with Crippen LogP contribution in [0.3, 0.4) is 0 Å². The second kappa shape index (κ2) is 3.99. The lowest BCUT2D eigenvalue weighted by Gasteiger charge is -2.05. The van der Waals surface area contributed by atoms with E-state index in [9.17, 15) is 5.11 Å². The highest BCUT2D eigenvalue weighted by molar-refractivity contribution is 14.1. The van der Waals surface area contributed by atoms with Crippen LogP contribution in [0.25, 0.3) is 0 Å². The normalized spacial score (nSPS) is 13.1. The number of hydrogen-bond acceptors (Lipinski definition) is 2. The van der Waals surface area contributed by atoms with Gasteiger partial charge < -0.3 is 5.11 Å². The molecule has 2 nitrogen and oxygen atoms in total. The third-order valence-electron chi connectivity index (χ3n) is 1.23. The van der Waals surface area contributed by atoms with Crippen LogP contribution in [0.4, 0.5) is 0 Å². The fourth-order valence-electron chi connectivity index (χ4n) is 0.733. The molecule has 1 atom stereocenters. The molecule has 60 valence electrons. The van der Waals surface area contributed by atoms with Crippen molar-refractivity contribution in [2.45, 2.75) is 13.0 Å². The average Bonchev–Trinajstić information content (AvgIpc) is 1.85. The quantitative estimate of drug-likeness (QED) is 0.765. The summed E-state index contributed by atoms with van der Waals surface area (Å²) in [5.41, 5.74) is 0.756. The number of pyridine rings is 1. The van der Waals surface area contributed by atoms with Crippen molar-refractivity contribution in [1.82, 2.24) is 4.98 Å². The highest BCUT2D eigenvalue weighted by atomic mass is 127. The molecule has 0 radical (unpaired) electrons. The van der Waals surface area contributed by atoms with Gasteiger partial charge in [-0.2, -0.15) is 0 Å². The molecule has 1 rings (SSSR count). The topological polar surface area (TPSA) is 33.1 Å². The van der Waals surface area contributed by atoms with E-state index in [1.807, 2.05) is 6.07 Å². The number of aromatic nitrogens is 1. The Kier molecular flexibility index (Phi) is 3.51. The first-order valence-corrected chi connectivity index (χ1v) is 5.26. The van der Waals surface area contributed by atoms with E-state index in [2.05, 4.69) is 50.2 Å². The second-order valence-corrected chi connectivity index (χ2v) is 4.60. The first-order valence-electron chi connectivity index (χ1n) is 3.10. The van der Waals surface area contributed by atoms with E-state index in [1.54, 1.807) is 13.1 Å². The number of rotatable bonds is 1. The van der Waals surface area contributed by atoms with Gasteiger partial charge in [0.25, 0.3) is 0 Å². The van der Waals surface area contributed by atoms with E-state index in [4.69, 9.17) is 0 Å². The van der Waals surface area contributed by atoms with Crippen molar-refractivity contribution in [3.63, 3.8) is 0 Å². The van der Waals surface area contributed by atoms with Crippen molar-refractivity contribution in [2.75, 3.05) is 0 Å². The zero-order valence-electron chi connectivity index (χ0n) is 5.88. The molecule has 11 heavy (non-hydrogen) atoms. The minimum Gasteiger partial charge on any atom is -0.387 e. The summed E-state index contributed by atoms with van der Waals surface area (Å²) in [6.45, 7) is 1.72. The summed E-state index contributed by atoms with van der Waals surface area (Å²) in [4.78, 5) is 4.11. The predicted molar refractivity (Wildman–Crippen MR) is 60.3 cm³/mol. The Morgan fingerprint density at radius 3 is 2.64 bits per heavy atom. The summed E-state index contributed by atoms with van der Waals surface area (Å²) < 4.78 is 2.11. The molecule has 0 aliphatic rings. The molecule has 1 unspecified atom stereocenters. The largest absolute Gasteiger partial charge is 0.387 e. The minimum atomic E-state index is -0.473. The molecule has 1 aromatic heterocycles. The molecule has 0 fully saturated rings. The first-order chi connectivity index (χ1) is 5.11. The van der Waals surface area contributed by atoms with E-state index in [0.29, 0.717) is 0 Å². The van der Waals surface area contributed by atoms with Crippen molar-refractivity contribution >= 4 is 45.2 Å². The average molecular weight is 375 g/mol. The first kappa shape index (κ1) is 9.66. The van der Waals surface area contributed by atoms with Crippen LogP contribution in [0.15, 0.2) is 12.3 Å². The van der Waals surface area contributed by atoms with Gasteiger partial charge in [-0.25, -0.2) is 0 Å². The van der Waals surface area contributed by atoms with Gasteiger partial charge in [-0.05, 0) is 58.2 Å². The molecule has 0 amide bonds. The van der Waals surface area contributed by atoms with Crippen molar-refractivity contribution in [3.8, 4) is 0 Å². The Hall–Kier alpha value is 0.570. The van der Waals surface area contributed by atoms with Gasteiger partial charge in [-0.1, -0.05) is 0 Å². The van der Waals surface area contributed by atoms with Gasteiger partial charge in [-0.15, -0.1) is 0 Å². The standard InChI is InChI=1S/C7H7I2NO/c1-4(11)7-6(9)2-5(8)3-10-7/h2-4,11H,1H3. The summed E-state index contributed by atoms with van der Waals surface area (Å²) in [6, 6.07) is 2.00. The fourth-order valence-corrected chi connectivity index (χ4v) is 2.70. The SMILES string of the molecule is CC(O)c1ncc(I)cc1I. The smallest absolute Gasteiger partial charge is 0.0942 e. The Morgan fingerprint density at radius 2 is 2.18 bits per heavy atom. The number of aliphatic hydroxyl groups excluding tert-OH is 1. The molecule has 0 aliphatic carbocycles. The van der Waals surface area contributed by atoms with Crippen LogP contribution < -0.4 is 0 Å². The van der Waals surface area contributed by atoms with Gasteiger partial charge >= 0.3 is 0 Å². The maximum atomic E-state index is 9.23. The van der Waals surface area contributed by atoms with Gasteiger partial charge in [0.2, 0.25) is 0 Å². The third kappa shape index (κ3) is 2.51. The maximum Gasteiger partial charge on any atom is 0.0942 e. The Morgan fingerprint density at radius 1 is 1.55 bits per heavy atom. The van der Waals surface area contributed by atoms with Gasteiger partial charge in [0.15, 0.2) is 0 Å². The molecule has 0 spiro atoms. The monoisotopic (exact) mass is 375 g/mol. The van der Waals surface area contributed by atoms with Crippen LogP contribution in [-0.2, 0) is 0 Å². The van der Waals surface area contributed by atoms with Crippen molar-refractivity contribution in [3.05, 3.63) is 25.1 Å². The molecule has 0 bridgehead atoms. The zero-order valence-corrected chi connectivity index (χ0v) is 10.2. The molecule has 0 saturated carbocycles. The molecule has 1 heterocycles. The van der Waals surface area contributed by atoms with Crippen LogP contribution in [0.5, 0.6) is 0 Å². The highest BCUT2D eigenvalue weighted by Crippen LogP contribution is 2.18. The molecule has 0 aliphatic heterocycles. The summed E-state index contributed by atoms with van der Waals surface area (Å²) in [6.07, 6.45) is 1.28. The molecular weight excluding hydrogens is 368 g/mol. The fraction of sp³-hybridized carbons (Fsp3) is 0.286. The lowest BCUT2D eigenvalue weighted by atomic mass is 10.2. The number of nitrogens with zero attached hydrogens (tertiary/aromatic N) is 1. The van der Waals surface area contributed by atoms with Crippen molar-refractivity contribution in [1.29, 1.82) is 0 Å². The van der Waals surface area contributed by atoms with E-state index in [-0.39, 0.29) is 0 Å². The Labute approximate surface area is 92.7 Å². The van der Waals surface area contributed by atoms with Crippen LogP contribution in [0.1, 0.15) is 18.7 Å². The number of halogens is 2. The molecule has 0 saturated heterocycles. The summed E-state index contributed by atoms with van der Waals surface area (Å²) in [5, 5.41) is 9.23. The second-order valence-electron chi connectivity index (χ2n) is 2.20. The van der Waals surface area contributed by atoms with E-state index >= 15 is 0 Å². The molecular formula is C7H7I2NO. The van der Waals surface area contributed by atoms with Crippen molar-refractivity contribution < 1.29 is 5.11 Å². The van der Waals surface area contributed by atoms with Gasteiger partial charge in [0.1, 0.15) is 0 Å². The molecule has 1 N–H and O–H groups in total. The highest BCUT2D eigenvalue weighted by Gasteiger charge is 2.06. The minimum absolute atomic E-state index is 0.473. The number of aliphatic hydroxyl groups is 1. The molecule has 4 heteroatoms. The third-order valence-corrected chi connectivity index (χ3v) is 2.69. The predicted octanol–water partition coefficient (Wildman–Crippen LogP) is 2.34. The van der Waals surface area contributed by atoms with Crippen LogP contribution >= 0.6 is 45.2 Å². The zero-order chi connectivity index (χ0) is 8.43. The molecule has 0 aromatic carbocycles.